The van der Waals surface area contributed by atoms with E-state index in [1.54, 1.807) is 0 Å². The fourth-order valence-electron chi connectivity index (χ4n) is 1.15. The van der Waals surface area contributed by atoms with Crippen molar-refractivity contribution in [2.45, 2.75) is 40.0 Å². The van der Waals surface area contributed by atoms with E-state index in [4.69, 9.17) is 9.29 Å². The molecule has 92 valence electrons. The van der Waals surface area contributed by atoms with Crippen LogP contribution in [0.3, 0.4) is 0 Å². The molecule has 15 heavy (non-hydrogen) atoms. The lowest BCUT2D eigenvalue weighted by Crippen LogP contribution is -2.09. The van der Waals surface area contributed by atoms with Gasteiger partial charge in [-0.05, 0) is 24.7 Å². The van der Waals surface area contributed by atoms with Gasteiger partial charge in [-0.15, -0.1) is 0 Å². The van der Waals surface area contributed by atoms with Gasteiger partial charge in [-0.25, -0.2) is 0 Å². The summed E-state index contributed by atoms with van der Waals surface area (Å²) in [5.41, 5.74) is 0.317. The van der Waals surface area contributed by atoms with E-state index in [2.05, 4.69) is 20.8 Å². The van der Waals surface area contributed by atoms with Crippen LogP contribution in [0.2, 0.25) is 0 Å². The molecule has 0 heterocycles. The predicted molar refractivity (Wildman–Crippen MR) is 60.5 cm³/mol. The number of hydrogen-bond donors (Lipinski definition) is 1. The van der Waals surface area contributed by atoms with E-state index in [0.29, 0.717) is 25.0 Å². The highest BCUT2D eigenvalue weighted by atomic mass is 32.2. The van der Waals surface area contributed by atoms with Crippen molar-refractivity contribution in [3.05, 3.63) is 0 Å². The Bertz CT molecular complexity index is 251. The highest BCUT2D eigenvalue weighted by Gasteiger charge is 2.09. The SMILES string of the molecule is CC(C)(C)CCCOCCCS(=O)(=O)O. The van der Waals surface area contributed by atoms with Crippen molar-refractivity contribution >= 4 is 10.1 Å². The van der Waals surface area contributed by atoms with Crippen LogP contribution in [0.25, 0.3) is 0 Å². The molecule has 5 heteroatoms. The second kappa shape index (κ2) is 6.45. The normalized spacial score (nSPS) is 13.1. The molecule has 0 aliphatic heterocycles. The molecule has 0 saturated heterocycles. The quantitative estimate of drug-likeness (QED) is 0.545. The standard InChI is InChI=1S/C10H22O4S/c1-10(2,3)6-4-7-14-8-5-9-15(11,12)13/h4-9H2,1-3H3,(H,11,12,13). The largest absolute Gasteiger partial charge is 0.381 e. The summed E-state index contributed by atoms with van der Waals surface area (Å²) >= 11 is 0. The lowest BCUT2D eigenvalue weighted by atomic mass is 9.91. The summed E-state index contributed by atoms with van der Waals surface area (Å²) in [5.74, 6) is -0.216. The van der Waals surface area contributed by atoms with Crippen LogP contribution < -0.4 is 0 Å². The summed E-state index contributed by atoms with van der Waals surface area (Å²) in [4.78, 5) is 0. The molecule has 0 rings (SSSR count). The molecule has 0 aromatic heterocycles. The molecule has 0 aromatic carbocycles. The van der Waals surface area contributed by atoms with Crippen molar-refractivity contribution in [1.29, 1.82) is 0 Å². The average Bonchev–Trinajstić information content (AvgIpc) is 1.98. The summed E-state index contributed by atoms with van der Waals surface area (Å²) in [7, 11) is -3.82. The van der Waals surface area contributed by atoms with Crippen LogP contribution in [0.1, 0.15) is 40.0 Å². The summed E-state index contributed by atoms with van der Waals surface area (Å²) in [6, 6.07) is 0. The smallest absolute Gasteiger partial charge is 0.264 e. The van der Waals surface area contributed by atoms with Gasteiger partial charge in [-0.2, -0.15) is 8.42 Å². The Hall–Kier alpha value is -0.130. The third-order valence-electron chi connectivity index (χ3n) is 1.91. The Morgan fingerprint density at radius 2 is 1.67 bits per heavy atom. The molecule has 0 amide bonds. The molecule has 4 nitrogen and oxygen atoms in total. The van der Waals surface area contributed by atoms with Gasteiger partial charge < -0.3 is 4.74 Å². The molecule has 0 saturated carbocycles. The third-order valence-corrected chi connectivity index (χ3v) is 2.71. The first-order valence-corrected chi connectivity index (χ1v) is 6.84. The van der Waals surface area contributed by atoms with Gasteiger partial charge in [-0.1, -0.05) is 20.8 Å². The minimum Gasteiger partial charge on any atom is -0.381 e. The maximum Gasteiger partial charge on any atom is 0.264 e. The molecule has 0 atom stereocenters. The van der Waals surface area contributed by atoms with Gasteiger partial charge in [0.2, 0.25) is 0 Å². The molecule has 0 radical (unpaired) electrons. The van der Waals surface area contributed by atoms with Gasteiger partial charge in [0.25, 0.3) is 10.1 Å². The van der Waals surface area contributed by atoms with E-state index in [-0.39, 0.29) is 5.75 Å². The van der Waals surface area contributed by atoms with Gasteiger partial charge in [0, 0.05) is 13.2 Å². The first-order chi connectivity index (χ1) is 6.71. The zero-order valence-electron chi connectivity index (χ0n) is 9.82. The van der Waals surface area contributed by atoms with Crippen LogP contribution in [0.4, 0.5) is 0 Å². The summed E-state index contributed by atoms with van der Waals surface area (Å²) < 4.78 is 34.4. The summed E-state index contributed by atoms with van der Waals surface area (Å²) in [6.07, 6.45) is 2.43. The van der Waals surface area contributed by atoms with Crippen LogP contribution in [0.15, 0.2) is 0 Å². The Labute approximate surface area is 92.8 Å². The van der Waals surface area contributed by atoms with E-state index in [0.717, 1.165) is 12.8 Å². The second-order valence-corrected chi connectivity index (χ2v) is 6.49. The van der Waals surface area contributed by atoms with Gasteiger partial charge in [-0.3, -0.25) is 4.55 Å². The van der Waals surface area contributed by atoms with Crippen molar-refractivity contribution in [1.82, 2.24) is 0 Å². The first-order valence-electron chi connectivity index (χ1n) is 5.24. The monoisotopic (exact) mass is 238 g/mol. The molecule has 0 unspecified atom stereocenters. The van der Waals surface area contributed by atoms with E-state index >= 15 is 0 Å². The molecular weight excluding hydrogens is 216 g/mol. The average molecular weight is 238 g/mol. The van der Waals surface area contributed by atoms with Gasteiger partial charge in [0.1, 0.15) is 0 Å². The third kappa shape index (κ3) is 13.9. The fourth-order valence-corrected chi connectivity index (χ4v) is 1.63. The van der Waals surface area contributed by atoms with Crippen LogP contribution in [-0.4, -0.2) is 31.9 Å². The second-order valence-electron chi connectivity index (χ2n) is 4.92. The van der Waals surface area contributed by atoms with Gasteiger partial charge in [0.15, 0.2) is 0 Å². The van der Waals surface area contributed by atoms with Crippen LogP contribution in [0.5, 0.6) is 0 Å². The Morgan fingerprint density at radius 3 is 2.13 bits per heavy atom. The molecular formula is C10H22O4S. The molecule has 0 aliphatic rings. The Morgan fingerprint density at radius 1 is 1.13 bits per heavy atom. The van der Waals surface area contributed by atoms with E-state index in [9.17, 15) is 8.42 Å². The Balaban J connectivity index is 3.27. The van der Waals surface area contributed by atoms with Crippen molar-refractivity contribution in [3.8, 4) is 0 Å². The molecule has 0 spiro atoms. The molecule has 0 bridgehead atoms. The minimum absolute atomic E-state index is 0.216. The first kappa shape index (κ1) is 14.9. The Kier molecular flexibility index (Phi) is 6.40. The lowest BCUT2D eigenvalue weighted by Gasteiger charge is -2.17. The van der Waals surface area contributed by atoms with Crippen molar-refractivity contribution < 1.29 is 17.7 Å². The molecule has 0 aliphatic carbocycles. The van der Waals surface area contributed by atoms with Crippen molar-refractivity contribution in [2.24, 2.45) is 5.41 Å². The highest BCUT2D eigenvalue weighted by Crippen LogP contribution is 2.20. The summed E-state index contributed by atoms with van der Waals surface area (Å²) in [6.45, 7) is 7.56. The predicted octanol–water partition coefficient (Wildman–Crippen LogP) is 2.11. The van der Waals surface area contributed by atoms with Crippen LogP contribution in [-0.2, 0) is 14.9 Å². The van der Waals surface area contributed by atoms with Crippen LogP contribution >= 0.6 is 0 Å². The molecule has 0 aromatic rings. The zero-order chi connectivity index (χ0) is 11.9. The van der Waals surface area contributed by atoms with Gasteiger partial charge >= 0.3 is 0 Å². The topological polar surface area (TPSA) is 63.6 Å². The number of ether oxygens (including phenoxy) is 1. The maximum absolute atomic E-state index is 10.4. The zero-order valence-corrected chi connectivity index (χ0v) is 10.6. The number of rotatable bonds is 7. The van der Waals surface area contributed by atoms with Crippen molar-refractivity contribution in [2.75, 3.05) is 19.0 Å². The van der Waals surface area contributed by atoms with Crippen LogP contribution in [0, 0.1) is 5.41 Å². The summed E-state index contributed by atoms with van der Waals surface area (Å²) in [5, 5.41) is 0. The number of hydrogen-bond acceptors (Lipinski definition) is 3. The maximum atomic E-state index is 10.4. The van der Waals surface area contributed by atoms with Crippen molar-refractivity contribution in [3.63, 3.8) is 0 Å². The van der Waals surface area contributed by atoms with E-state index in [1.165, 1.54) is 0 Å². The molecule has 1 N–H and O–H groups in total. The highest BCUT2D eigenvalue weighted by molar-refractivity contribution is 7.85. The van der Waals surface area contributed by atoms with E-state index < -0.39 is 10.1 Å². The van der Waals surface area contributed by atoms with E-state index in [1.807, 2.05) is 0 Å². The van der Waals surface area contributed by atoms with Gasteiger partial charge in [0.05, 0.1) is 5.75 Å². The lowest BCUT2D eigenvalue weighted by molar-refractivity contribution is 0.123. The fraction of sp³-hybridized carbons (Fsp3) is 1.00. The minimum atomic E-state index is -3.82. The molecule has 0 fully saturated rings.